The third kappa shape index (κ3) is 7.29. The van der Waals surface area contributed by atoms with E-state index in [4.69, 9.17) is 19.8 Å². The number of cyclic esters (lactones) is 1. The van der Waals surface area contributed by atoms with E-state index in [1.54, 1.807) is 0 Å². The number of aliphatic hydroxyl groups is 3. The van der Waals surface area contributed by atoms with Crippen LogP contribution in [0.15, 0.2) is 11.5 Å². The molecule has 120 valence electrons. The number of rotatable bonds is 6. The molecule has 0 aromatic heterocycles. The predicted octanol–water partition coefficient (Wildman–Crippen LogP) is -3.04. The van der Waals surface area contributed by atoms with Crippen LogP contribution in [0.25, 0.3) is 0 Å². The minimum absolute atomic E-state index is 0. The van der Waals surface area contributed by atoms with Crippen LogP contribution in [-0.4, -0.2) is 114 Å². The Hall–Kier alpha value is 1.03. The van der Waals surface area contributed by atoms with Crippen molar-refractivity contribution in [2.24, 2.45) is 0 Å². The van der Waals surface area contributed by atoms with Gasteiger partial charge in [0.25, 0.3) is 5.76 Å². The van der Waals surface area contributed by atoms with E-state index in [0.29, 0.717) is 0 Å². The third-order valence-electron chi connectivity index (χ3n) is 1.87. The van der Waals surface area contributed by atoms with Gasteiger partial charge in [-0.15, -0.1) is 0 Å². The molecule has 16 heteroatoms. The summed E-state index contributed by atoms with van der Waals surface area (Å²) in [6.07, 6.45) is -3.49. The summed E-state index contributed by atoms with van der Waals surface area (Å²) in [5.74, 6) is -3.91. The van der Waals surface area contributed by atoms with E-state index >= 15 is 0 Å². The fraction of sp³-hybridized carbons (Fsp3) is 0.500. The Bertz CT molecular complexity index is 528. The number of hydrogen-bond acceptors (Lipinski definition) is 9. The van der Waals surface area contributed by atoms with E-state index in [2.05, 4.69) is 13.6 Å². The van der Waals surface area contributed by atoms with Gasteiger partial charge in [0.05, 0.1) is 6.61 Å². The summed E-state index contributed by atoms with van der Waals surface area (Å²) in [7, 11) is -10.8. The van der Waals surface area contributed by atoms with Gasteiger partial charge in [0, 0.05) is 0 Å². The van der Waals surface area contributed by atoms with Crippen LogP contribution in [0.1, 0.15) is 0 Å². The van der Waals surface area contributed by atoms with Crippen molar-refractivity contribution >= 4 is 80.7 Å². The molecule has 0 aromatic carbocycles. The van der Waals surface area contributed by atoms with Gasteiger partial charge >= 0.3 is 80.7 Å². The normalized spacial score (nSPS) is 22.0. The second-order valence-electron chi connectivity index (χ2n) is 3.42. The molecule has 0 saturated carbocycles. The van der Waals surface area contributed by atoms with Crippen molar-refractivity contribution in [1.82, 2.24) is 0 Å². The van der Waals surface area contributed by atoms with Crippen LogP contribution in [0, 0.1) is 0 Å². The first kappa shape index (κ1) is 25.3. The van der Waals surface area contributed by atoms with E-state index in [1.165, 1.54) is 0 Å². The van der Waals surface area contributed by atoms with E-state index in [1.807, 2.05) is 0 Å². The van der Waals surface area contributed by atoms with Crippen molar-refractivity contribution in [3.8, 4) is 0 Å². The molecule has 1 rings (SSSR count). The molecular weight excluding hydrogens is 372 g/mol. The van der Waals surface area contributed by atoms with Crippen LogP contribution in [0.4, 0.5) is 0 Å². The SMILES string of the molecule is O=C1O[C@H]([C@@H](O)CO)C(O)=C1OP(=O)(O)OP(=O)(O)O.[NaH].[NaH]. The maximum atomic E-state index is 11.2. The van der Waals surface area contributed by atoms with E-state index < -0.39 is 51.9 Å². The zero-order chi connectivity index (χ0) is 15.7. The zero-order valence-electron chi connectivity index (χ0n) is 9.39. The minimum atomic E-state index is -5.43. The monoisotopic (exact) mass is 384 g/mol. The molecule has 1 aliphatic rings. The summed E-state index contributed by atoms with van der Waals surface area (Å²) in [4.78, 5) is 36.9. The number of ether oxygens (including phenoxy) is 1. The summed E-state index contributed by atoms with van der Waals surface area (Å²) < 4.78 is 33.3. The van der Waals surface area contributed by atoms with Crippen molar-refractivity contribution in [3.63, 3.8) is 0 Å². The molecule has 22 heavy (non-hydrogen) atoms. The van der Waals surface area contributed by atoms with Crippen molar-refractivity contribution in [2.75, 3.05) is 6.61 Å². The molecule has 3 atom stereocenters. The molecule has 0 fully saturated rings. The Morgan fingerprint density at radius 2 is 1.73 bits per heavy atom. The standard InChI is InChI=1S/C6H10O12P2.2Na.2H/c7-1-2(8)4-3(9)5(6(10)16-4)17-20(14,15)18-19(11,12)13;;;;/h2,4,7-9H,1H2,(H,14,15)(H2,11,12,13);;;;/t2-,4+;;;;/m0..../s1. The van der Waals surface area contributed by atoms with Crippen LogP contribution in [0.2, 0.25) is 0 Å². The Labute approximate surface area is 167 Å². The molecule has 1 unspecified atom stereocenters. The van der Waals surface area contributed by atoms with Crippen molar-refractivity contribution < 1.29 is 57.5 Å². The molecule has 12 nitrogen and oxygen atoms in total. The van der Waals surface area contributed by atoms with Crippen molar-refractivity contribution in [2.45, 2.75) is 12.2 Å². The van der Waals surface area contributed by atoms with E-state index in [0.717, 1.165) is 0 Å². The zero-order valence-corrected chi connectivity index (χ0v) is 11.2. The fourth-order valence-electron chi connectivity index (χ4n) is 1.17. The summed E-state index contributed by atoms with van der Waals surface area (Å²) >= 11 is 0. The average Bonchev–Trinajstić information content (AvgIpc) is 2.52. The Kier molecular flexibility index (Phi) is 10.9. The van der Waals surface area contributed by atoms with Crippen LogP contribution in [-0.2, 0) is 27.5 Å². The molecule has 0 radical (unpaired) electrons. The third-order valence-corrected chi connectivity index (χ3v) is 3.96. The van der Waals surface area contributed by atoms with Gasteiger partial charge in [0.2, 0.25) is 0 Å². The molecule has 0 amide bonds. The molecule has 0 aromatic rings. The summed E-state index contributed by atoms with van der Waals surface area (Å²) in [6.45, 7) is -0.912. The molecule has 0 aliphatic carbocycles. The van der Waals surface area contributed by atoms with Gasteiger partial charge in [-0.1, -0.05) is 0 Å². The van der Waals surface area contributed by atoms with Crippen LogP contribution in [0.5, 0.6) is 0 Å². The van der Waals surface area contributed by atoms with Crippen LogP contribution >= 0.6 is 15.6 Å². The average molecular weight is 384 g/mol. The Morgan fingerprint density at radius 3 is 2.14 bits per heavy atom. The summed E-state index contributed by atoms with van der Waals surface area (Å²) in [5, 5.41) is 27.2. The van der Waals surface area contributed by atoms with Gasteiger partial charge in [0.1, 0.15) is 6.10 Å². The topological polar surface area (TPSA) is 200 Å². The first-order valence-electron chi connectivity index (χ1n) is 4.69. The Balaban J connectivity index is 0. The number of phosphoric acid groups is 2. The van der Waals surface area contributed by atoms with Crippen LogP contribution in [0.3, 0.4) is 0 Å². The molecule has 0 bridgehead atoms. The quantitative estimate of drug-likeness (QED) is 0.154. The van der Waals surface area contributed by atoms with Gasteiger partial charge in [-0.3, -0.25) is 4.89 Å². The number of carbonyl (C=O) groups is 1. The number of carbonyl (C=O) groups excluding carboxylic acids is 1. The van der Waals surface area contributed by atoms with Gasteiger partial charge in [-0.25, -0.2) is 13.9 Å². The van der Waals surface area contributed by atoms with Crippen molar-refractivity contribution in [3.05, 3.63) is 11.5 Å². The molecule has 1 aliphatic heterocycles. The summed E-state index contributed by atoms with van der Waals surface area (Å²) in [5.41, 5.74) is 0. The predicted molar refractivity (Wildman–Crippen MR) is 71.0 cm³/mol. The molecule has 6 N–H and O–H groups in total. The van der Waals surface area contributed by atoms with E-state index in [9.17, 15) is 24.1 Å². The van der Waals surface area contributed by atoms with Gasteiger partial charge in [-0.05, 0) is 0 Å². The maximum absolute atomic E-state index is 11.2. The molecular formula is C6H12Na2O12P2. The van der Waals surface area contributed by atoms with Gasteiger partial charge in [0.15, 0.2) is 11.9 Å². The molecule has 0 spiro atoms. The second-order valence-corrected chi connectivity index (χ2v) is 6.18. The second kappa shape index (κ2) is 9.50. The Morgan fingerprint density at radius 1 is 1.23 bits per heavy atom. The number of esters is 1. The van der Waals surface area contributed by atoms with Crippen molar-refractivity contribution in [1.29, 1.82) is 0 Å². The number of hydrogen-bond donors (Lipinski definition) is 6. The van der Waals surface area contributed by atoms with E-state index in [-0.39, 0.29) is 59.1 Å². The van der Waals surface area contributed by atoms with Gasteiger partial charge in [-0.2, -0.15) is 4.31 Å². The van der Waals surface area contributed by atoms with Gasteiger partial charge < -0.3 is 34.4 Å². The fourth-order valence-corrected chi connectivity index (χ4v) is 2.77. The molecule has 0 saturated heterocycles. The molecule has 1 heterocycles. The van der Waals surface area contributed by atoms with Crippen LogP contribution < -0.4 is 0 Å². The number of phosphoric ester groups is 1. The first-order valence-corrected chi connectivity index (χ1v) is 7.71. The summed E-state index contributed by atoms with van der Waals surface area (Å²) in [6, 6.07) is 0. The first-order chi connectivity index (χ1) is 8.97. The number of aliphatic hydroxyl groups excluding tert-OH is 3.